The summed E-state index contributed by atoms with van der Waals surface area (Å²) in [5, 5.41) is 10.4. The van der Waals surface area contributed by atoms with Crippen molar-refractivity contribution in [3.05, 3.63) is 34.6 Å². The number of anilines is 2. The van der Waals surface area contributed by atoms with Crippen molar-refractivity contribution in [2.24, 2.45) is 0 Å². The Balaban J connectivity index is 1.53. The van der Waals surface area contributed by atoms with E-state index in [1.165, 1.54) is 0 Å². The lowest BCUT2D eigenvalue weighted by Crippen LogP contribution is -2.47. The number of nitriles is 1. The molecule has 4 rings (SSSR count). The predicted octanol–water partition coefficient (Wildman–Crippen LogP) is 2.17. The third-order valence-electron chi connectivity index (χ3n) is 4.94. The highest BCUT2D eigenvalue weighted by Gasteiger charge is 2.24. The fourth-order valence-corrected chi connectivity index (χ4v) is 3.94. The summed E-state index contributed by atoms with van der Waals surface area (Å²) < 4.78 is 5.49. The lowest BCUT2D eigenvalue weighted by molar-refractivity contribution is 0.109. The molecule has 2 aromatic heterocycles. The van der Waals surface area contributed by atoms with Crippen molar-refractivity contribution >= 4 is 23.4 Å². The Bertz CT molecular complexity index is 888. The van der Waals surface area contributed by atoms with Gasteiger partial charge in [0.05, 0.1) is 24.5 Å². The molecule has 140 valence electrons. The summed E-state index contributed by atoms with van der Waals surface area (Å²) in [6.45, 7) is 6.57. The molecule has 0 aliphatic carbocycles. The Hall–Kier alpha value is -2.37. The minimum absolute atomic E-state index is 0.551. The fourth-order valence-electron chi connectivity index (χ4n) is 3.52. The smallest absolute Gasteiger partial charge is 0.189 e. The van der Waals surface area contributed by atoms with E-state index < -0.39 is 0 Å². The van der Waals surface area contributed by atoms with Gasteiger partial charge in [-0.3, -0.25) is 0 Å². The Morgan fingerprint density at radius 1 is 1.11 bits per heavy atom. The lowest BCUT2D eigenvalue weighted by atomic mass is 10.1. The maximum absolute atomic E-state index is 9.58. The van der Waals surface area contributed by atoms with Crippen LogP contribution in [0.4, 0.5) is 11.6 Å². The maximum atomic E-state index is 9.58. The predicted molar refractivity (Wildman–Crippen MR) is 105 cm³/mol. The van der Waals surface area contributed by atoms with E-state index in [1.807, 2.05) is 25.3 Å². The van der Waals surface area contributed by atoms with Gasteiger partial charge >= 0.3 is 0 Å². The zero-order chi connectivity index (χ0) is 18.8. The van der Waals surface area contributed by atoms with Gasteiger partial charge in [-0.25, -0.2) is 15.0 Å². The molecule has 2 aliphatic heterocycles. The van der Waals surface area contributed by atoms with E-state index in [1.54, 1.807) is 11.8 Å². The molecule has 2 aromatic rings. The standard InChI is InChI=1S/C19H22N6OS/c1-13-9-17(23-19(21-13)27-2)24-4-6-25(7-5-24)18-14(11-20)10-15-12-26-8-3-16(15)22-18/h9-10H,3-8,12H2,1-2H3. The highest BCUT2D eigenvalue weighted by molar-refractivity contribution is 7.98. The van der Waals surface area contributed by atoms with Crippen LogP contribution in [0, 0.1) is 18.3 Å². The van der Waals surface area contributed by atoms with E-state index in [-0.39, 0.29) is 0 Å². The Morgan fingerprint density at radius 3 is 2.63 bits per heavy atom. The molecular formula is C19H22N6OS. The summed E-state index contributed by atoms with van der Waals surface area (Å²) >= 11 is 1.56. The molecule has 0 atom stereocenters. The van der Waals surface area contributed by atoms with Crippen LogP contribution in [0.25, 0.3) is 0 Å². The van der Waals surface area contributed by atoms with Crippen molar-refractivity contribution in [2.45, 2.75) is 25.1 Å². The SMILES string of the molecule is CSc1nc(C)cc(N2CCN(c3nc4c(cc3C#N)COCC4)CC2)n1. The Labute approximate surface area is 163 Å². The number of aromatic nitrogens is 3. The first-order chi connectivity index (χ1) is 13.2. The van der Waals surface area contributed by atoms with Crippen LogP contribution in [-0.4, -0.2) is 54.0 Å². The van der Waals surface area contributed by atoms with Crippen molar-refractivity contribution in [2.75, 3.05) is 48.8 Å². The molecule has 0 aromatic carbocycles. The van der Waals surface area contributed by atoms with E-state index in [0.717, 1.165) is 66.3 Å². The van der Waals surface area contributed by atoms with Gasteiger partial charge in [0.1, 0.15) is 17.7 Å². The quantitative estimate of drug-likeness (QED) is 0.590. The van der Waals surface area contributed by atoms with Crippen LogP contribution in [0.15, 0.2) is 17.3 Å². The van der Waals surface area contributed by atoms with E-state index in [4.69, 9.17) is 9.72 Å². The van der Waals surface area contributed by atoms with Gasteiger partial charge in [-0.05, 0) is 19.2 Å². The highest BCUT2D eigenvalue weighted by atomic mass is 32.2. The summed E-state index contributed by atoms with van der Waals surface area (Å²) in [4.78, 5) is 18.4. The van der Waals surface area contributed by atoms with Gasteiger partial charge in [0.25, 0.3) is 0 Å². The number of hydrogen-bond acceptors (Lipinski definition) is 8. The third kappa shape index (κ3) is 3.70. The number of fused-ring (bicyclic) bond motifs is 1. The van der Waals surface area contributed by atoms with Gasteiger partial charge < -0.3 is 14.5 Å². The lowest BCUT2D eigenvalue weighted by Gasteiger charge is -2.37. The molecule has 0 amide bonds. The van der Waals surface area contributed by atoms with Crippen molar-refractivity contribution in [3.63, 3.8) is 0 Å². The van der Waals surface area contributed by atoms with Crippen LogP contribution in [0.5, 0.6) is 0 Å². The number of pyridine rings is 1. The van der Waals surface area contributed by atoms with Crippen LogP contribution in [-0.2, 0) is 17.8 Å². The molecule has 1 fully saturated rings. The normalized spacial score (nSPS) is 16.8. The average Bonchev–Trinajstić information content (AvgIpc) is 2.72. The summed E-state index contributed by atoms with van der Waals surface area (Å²) in [6, 6.07) is 6.29. The van der Waals surface area contributed by atoms with E-state index in [2.05, 4.69) is 25.8 Å². The van der Waals surface area contributed by atoms with Crippen LogP contribution in [0.2, 0.25) is 0 Å². The largest absolute Gasteiger partial charge is 0.376 e. The van der Waals surface area contributed by atoms with Gasteiger partial charge in [-0.15, -0.1) is 0 Å². The Kier molecular flexibility index (Phi) is 5.14. The van der Waals surface area contributed by atoms with E-state index in [0.29, 0.717) is 18.8 Å². The van der Waals surface area contributed by atoms with Crippen LogP contribution >= 0.6 is 11.8 Å². The van der Waals surface area contributed by atoms with Gasteiger partial charge in [0.2, 0.25) is 0 Å². The van der Waals surface area contributed by atoms with Crippen LogP contribution < -0.4 is 9.80 Å². The molecule has 27 heavy (non-hydrogen) atoms. The zero-order valence-electron chi connectivity index (χ0n) is 15.6. The Morgan fingerprint density at radius 2 is 1.89 bits per heavy atom. The second-order valence-electron chi connectivity index (χ2n) is 6.71. The number of hydrogen-bond donors (Lipinski definition) is 0. The van der Waals surface area contributed by atoms with E-state index >= 15 is 0 Å². The number of thioether (sulfide) groups is 1. The minimum atomic E-state index is 0.551. The molecule has 0 bridgehead atoms. The van der Waals surface area contributed by atoms with Crippen LogP contribution in [0.1, 0.15) is 22.5 Å². The first-order valence-corrected chi connectivity index (χ1v) is 10.3. The molecule has 2 aliphatic rings. The van der Waals surface area contributed by atoms with Gasteiger partial charge in [-0.1, -0.05) is 11.8 Å². The van der Waals surface area contributed by atoms with Gasteiger partial charge in [0, 0.05) is 49.9 Å². The van der Waals surface area contributed by atoms with E-state index in [9.17, 15) is 5.26 Å². The monoisotopic (exact) mass is 382 g/mol. The topological polar surface area (TPSA) is 78.2 Å². The zero-order valence-corrected chi connectivity index (χ0v) is 16.4. The molecule has 8 heteroatoms. The molecule has 0 N–H and O–H groups in total. The van der Waals surface area contributed by atoms with Crippen molar-refractivity contribution < 1.29 is 4.74 Å². The van der Waals surface area contributed by atoms with Crippen molar-refractivity contribution in [1.82, 2.24) is 15.0 Å². The van der Waals surface area contributed by atoms with Crippen LogP contribution in [0.3, 0.4) is 0 Å². The summed E-state index contributed by atoms with van der Waals surface area (Å²) in [6.07, 6.45) is 2.80. The number of nitrogens with zero attached hydrogens (tertiary/aromatic N) is 6. The molecule has 0 saturated carbocycles. The summed E-state index contributed by atoms with van der Waals surface area (Å²) in [7, 11) is 0. The number of aryl methyl sites for hydroxylation is 1. The van der Waals surface area contributed by atoms with Crippen molar-refractivity contribution in [1.29, 1.82) is 5.26 Å². The molecule has 0 unspecified atom stereocenters. The molecule has 7 nitrogen and oxygen atoms in total. The first kappa shape index (κ1) is 18.0. The van der Waals surface area contributed by atoms with Gasteiger partial charge in [0.15, 0.2) is 5.16 Å². The second kappa shape index (κ2) is 7.71. The minimum Gasteiger partial charge on any atom is -0.376 e. The molecule has 0 radical (unpaired) electrons. The molecular weight excluding hydrogens is 360 g/mol. The highest BCUT2D eigenvalue weighted by Crippen LogP contribution is 2.26. The molecule has 0 spiro atoms. The van der Waals surface area contributed by atoms with Crippen molar-refractivity contribution in [3.8, 4) is 6.07 Å². The maximum Gasteiger partial charge on any atom is 0.189 e. The fraction of sp³-hybridized carbons (Fsp3) is 0.474. The molecule has 4 heterocycles. The number of rotatable bonds is 3. The van der Waals surface area contributed by atoms with Gasteiger partial charge in [-0.2, -0.15) is 5.26 Å². The first-order valence-electron chi connectivity index (χ1n) is 9.08. The number of piperazine rings is 1. The third-order valence-corrected chi connectivity index (χ3v) is 5.49. The summed E-state index contributed by atoms with van der Waals surface area (Å²) in [5.74, 6) is 1.78. The number of ether oxygens (including phenoxy) is 1. The second-order valence-corrected chi connectivity index (χ2v) is 7.48. The molecule has 1 saturated heterocycles. The average molecular weight is 382 g/mol. The summed E-state index contributed by atoms with van der Waals surface area (Å²) in [5.41, 5.74) is 3.72.